The zero-order chi connectivity index (χ0) is 19.0. The van der Waals surface area contributed by atoms with E-state index in [4.69, 9.17) is 9.97 Å². The minimum Gasteiger partial charge on any atom is -0.358 e. The number of aromatic nitrogens is 3. The second kappa shape index (κ2) is 7.88. The van der Waals surface area contributed by atoms with Crippen LogP contribution < -0.4 is 0 Å². The monoisotopic (exact) mass is 369 g/mol. The Kier molecular flexibility index (Phi) is 5.51. The first kappa shape index (κ1) is 18.9. The second-order valence-electron chi connectivity index (χ2n) is 9.06. The van der Waals surface area contributed by atoms with Gasteiger partial charge in [0.15, 0.2) is 0 Å². The number of aromatic amines is 1. The predicted molar refractivity (Wildman–Crippen MR) is 111 cm³/mol. The highest BCUT2D eigenvalue weighted by molar-refractivity contribution is 5.78. The summed E-state index contributed by atoms with van der Waals surface area (Å²) < 4.78 is 0. The summed E-state index contributed by atoms with van der Waals surface area (Å²) in [6.07, 6.45) is 9.12. The van der Waals surface area contributed by atoms with Crippen LogP contribution in [0.25, 0.3) is 11.0 Å². The number of likely N-dealkylation sites (tertiary alicyclic amines) is 2. The molecule has 0 saturated carbocycles. The van der Waals surface area contributed by atoms with Gasteiger partial charge in [0.25, 0.3) is 0 Å². The molecule has 5 nitrogen and oxygen atoms in total. The smallest absolute Gasteiger partial charge is 0.132 e. The lowest BCUT2D eigenvalue weighted by Crippen LogP contribution is -2.48. The summed E-state index contributed by atoms with van der Waals surface area (Å²) in [7, 11) is 0. The van der Waals surface area contributed by atoms with E-state index in [1.165, 1.54) is 57.4 Å². The first-order chi connectivity index (χ1) is 13.0. The van der Waals surface area contributed by atoms with E-state index in [2.05, 4.69) is 48.7 Å². The molecule has 2 fully saturated rings. The fraction of sp³-hybridized carbons (Fsp3) is 0.727. The summed E-state index contributed by atoms with van der Waals surface area (Å²) >= 11 is 0. The Morgan fingerprint density at radius 3 is 2.33 bits per heavy atom. The third-order valence-corrected chi connectivity index (χ3v) is 6.73. The first-order valence-electron chi connectivity index (χ1n) is 10.8. The lowest BCUT2D eigenvalue weighted by Gasteiger charge is -2.42. The summed E-state index contributed by atoms with van der Waals surface area (Å²) in [4.78, 5) is 18.4. The van der Waals surface area contributed by atoms with Crippen molar-refractivity contribution in [1.82, 2.24) is 24.8 Å². The van der Waals surface area contributed by atoms with Crippen LogP contribution >= 0.6 is 0 Å². The van der Waals surface area contributed by atoms with Gasteiger partial charge in [0.05, 0.1) is 17.2 Å². The Hall–Kier alpha value is -1.46. The Balaban J connectivity index is 1.38. The van der Waals surface area contributed by atoms with E-state index in [1.54, 1.807) is 0 Å². The van der Waals surface area contributed by atoms with Gasteiger partial charge in [-0.05, 0) is 77.2 Å². The molecule has 0 bridgehead atoms. The van der Waals surface area contributed by atoms with Crippen molar-refractivity contribution in [1.29, 1.82) is 0 Å². The summed E-state index contributed by atoms with van der Waals surface area (Å²) in [5, 5.41) is 0. The number of hydrogen-bond acceptors (Lipinski definition) is 4. The summed E-state index contributed by atoms with van der Waals surface area (Å²) in [6.45, 7) is 14.0. The van der Waals surface area contributed by atoms with Crippen LogP contribution in [-0.4, -0.2) is 63.0 Å². The Labute approximate surface area is 163 Å². The van der Waals surface area contributed by atoms with Crippen LogP contribution in [0.5, 0.6) is 0 Å². The van der Waals surface area contributed by atoms with Crippen molar-refractivity contribution < 1.29 is 0 Å². The quantitative estimate of drug-likeness (QED) is 0.880. The minimum absolute atomic E-state index is 0.486. The van der Waals surface area contributed by atoms with Crippen molar-refractivity contribution in [2.24, 2.45) is 0 Å². The molecular weight excluding hydrogens is 334 g/mol. The molecule has 2 aliphatic rings. The van der Waals surface area contributed by atoms with Gasteiger partial charge < -0.3 is 14.8 Å². The highest BCUT2D eigenvalue weighted by atomic mass is 15.2. The third kappa shape index (κ3) is 3.90. The van der Waals surface area contributed by atoms with Gasteiger partial charge in [0.1, 0.15) is 5.82 Å². The molecule has 148 valence electrons. The number of H-pyrrole nitrogens is 1. The summed E-state index contributed by atoms with van der Waals surface area (Å²) in [5.74, 6) is 2.05. The van der Waals surface area contributed by atoms with E-state index in [0.29, 0.717) is 17.9 Å². The number of nitrogens with one attached hydrogen (secondary N) is 1. The van der Waals surface area contributed by atoms with Crippen molar-refractivity contribution in [3.63, 3.8) is 0 Å². The van der Waals surface area contributed by atoms with Gasteiger partial charge >= 0.3 is 0 Å². The van der Waals surface area contributed by atoms with Gasteiger partial charge in [-0.1, -0.05) is 13.8 Å². The molecule has 0 amide bonds. The lowest BCUT2D eigenvalue weighted by atomic mass is 9.92. The summed E-state index contributed by atoms with van der Waals surface area (Å²) in [6, 6.07) is 1.47. The minimum atomic E-state index is 0.486. The molecule has 0 aromatic carbocycles. The summed E-state index contributed by atoms with van der Waals surface area (Å²) in [5.41, 5.74) is 3.50. The van der Waals surface area contributed by atoms with E-state index < -0.39 is 0 Å². The van der Waals surface area contributed by atoms with Crippen LogP contribution in [0.2, 0.25) is 0 Å². The molecule has 0 aliphatic carbocycles. The molecule has 0 radical (unpaired) electrons. The number of nitrogens with zero attached hydrogens (tertiary/aromatic N) is 4. The fourth-order valence-corrected chi connectivity index (χ4v) is 4.87. The molecule has 0 spiro atoms. The lowest BCUT2D eigenvalue weighted by molar-refractivity contribution is 0.0747. The van der Waals surface area contributed by atoms with Crippen molar-refractivity contribution in [3.8, 4) is 0 Å². The van der Waals surface area contributed by atoms with E-state index in [-0.39, 0.29) is 0 Å². The zero-order valence-electron chi connectivity index (χ0n) is 17.4. The highest BCUT2D eigenvalue weighted by Gasteiger charge is 2.30. The highest BCUT2D eigenvalue weighted by Crippen LogP contribution is 2.31. The number of fused-ring (bicyclic) bond motifs is 1. The van der Waals surface area contributed by atoms with Crippen LogP contribution in [0.15, 0.2) is 12.4 Å². The Morgan fingerprint density at radius 1 is 1.00 bits per heavy atom. The topological polar surface area (TPSA) is 48.1 Å². The van der Waals surface area contributed by atoms with Gasteiger partial charge in [0.2, 0.25) is 0 Å². The molecule has 0 unspecified atom stereocenters. The predicted octanol–water partition coefficient (Wildman–Crippen LogP) is 4.13. The number of piperidine rings is 2. The maximum atomic E-state index is 4.98. The van der Waals surface area contributed by atoms with Gasteiger partial charge in [-0.15, -0.1) is 0 Å². The standard InChI is InChI=1S/C22H35N5/c1-15(2)19-13-23-20-14-24-22(25-21(19)20)17-5-9-27(10-6-17)18-7-11-26(12-8-18)16(3)4/h13-18,23H,5-12H2,1-4H3. The average molecular weight is 370 g/mol. The molecule has 2 aromatic heterocycles. The van der Waals surface area contributed by atoms with Crippen molar-refractivity contribution in [2.75, 3.05) is 26.2 Å². The van der Waals surface area contributed by atoms with Gasteiger partial charge in [-0.3, -0.25) is 0 Å². The fourth-order valence-electron chi connectivity index (χ4n) is 4.87. The second-order valence-corrected chi connectivity index (χ2v) is 9.06. The van der Waals surface area contributed by atoms with Gasteiger partial charge in [0, 0.05) is 24.2 Å². The maximum absolute atomic E-state index is 4.98. The van der Waals surface area contributed by atoms with Crippen LogP contribution in [0.4, 0.5) is 0 Å². The molecule has 2 saturated heterocycles. The van der Waals surface area contributed by atoms with Gasteiger partial charge in [-0.25, -0.2) is 9.97 Å². The van der Waals surface area contributed by atoms with Crippen LogP contribution in [0.3, 0.4) is 0 Å². The zero-order valence-corrected chi connectivity index (χ0v) is 17.4. The molecule has 4 heterocycles. The number of rotatable bonds is 4. The van der Waals surface area contributed by atoms with Crippen molar-refractivity contribution >= 4 is 11.0 Å². The molecule has 1 N–H and O–H groups in total. The van der Waals surface area contributed by atoms with E-state index >= 15 is 0 Å². The molecule has 4 rings (SSSR count). The average Bonchev–Trinajstić information content (AvgIpc) is 3.12. The van der Waals surface area contributed by atoms with Crippen LogP contribution in [0, 0.1) is 0 Å². The Bertz CT molecular complexity index is 749. The molecule has 0 atom stereocenters. The molecule has 5 heteroatoms. The number of hydrogen-bond donors (Lipinski definition) is 1. The molecule has 27 heavy (non-hydrogen) atoms. The normalized spacial score (nSPS) is 21.7. The van der Waals surface area contributed by atoms with E-state index in [9.17, 15) is 0 Å². The van der Waals surface area contributed by atoms with Gasteiger partial charge in [-0.2, -0.15) is 0 Å². The van der Waals surface area contributed by atoms with Crippen molar-refractivity contribution in [3.05, 3.63) is 23.8 Å². The van der Waals surface area contributed by atoms with E-state index in [0.717, 1.165) is 22.9 Å². The maximum Gasteiger partial charge on any atom is 0.132 e. The third-order valence-electron chi connectivity index (χ3n) is 6.73. The van der Waals surface area contributed by atoms with Crippen LogP contribution in [0.1, 0.15) is 76.6 Å². The SMILES string of the molecule is CC(C)c1c[nH]c2cnc(C3CCN(C4CCN(C(C)C)CC4)CC3)nc12. The largest absolute Gasteiger partial charge is 0.358 e. The van der Waals surface area contributed by atoms with E-state index in [1.807, 2.05) is 6.20 Å². The van der Waals surface area contributed by atoms with Crippen molar-refractivity contribution in [2.45, 2.75) is 77.3 Å². The van der Waals surface area contributed by atoms with Crippen LogP contribution in [-0.2, 0) is 0 Å². The molecular formula is C22H35N5. The molecule has 2 aromatic rings. The Morgan fingerprint density at radius 2 is 1.70 bits per heavy atom. The first-order valence-corrected chi connectivity index (χ1v) is 10.8. The molecule has 2 aliphatic heterocycles.